The van der Waals surface area contributed by atoms with Gasteiger partial charge >= 0.3 is 6.09 Å². The molecule has 2 heterocycles. The minimum atomic E-state index is -0.933. The van der Waals surface area contributed by atoms with E-state index in [0.29, 0.717) is 18.4 Å². The van der Waals surface area contributed by atoms with Crippen molar-refractivity contribution in [2.24, 2.45) is 5.92 Å². The number of hydrogen-bond donors (Lipinski definition) is 2. The molecule has 21 heavy (non-hydrogen) atoms. The Morgan fingerprint density at radius 2 is 2.19 bits per heavy atom. The molecule has 0 saturated heterocycles. The van der Waals surface area contributed by atoms with Gasteiger partial charge in [0, 0.05) is 47.4 Å². The molecule has 3 rings (SSSR count). The minimum Gasteiger partial charge on any atom is -0.465 e. The number of rotatable bonds is 3. The summed E-state index contributed by atoms with van der Waals surface area (Å²) in [6, 6.07) is 0. The largest absolute Gasteiger partial charge is 0.465 e. The van der Waals surface area contributed by atoms with E-state index < -0.39 is 6.09 Å². The summed E-state index contributed by atoms with van der Waals surface area (Å²) in [5, 5.41) is 11.2. The van der Waals surface area contributed by atoms with E-state index >= 15 is 0 Å². The third-order valence-corrected chi connectivity index (χ3v) is 4.97. The van der Waals surface area contributed by atoms with Gasteiger partial charge in [-0.2, -0.15) is 0 Å². The Balaban J connectivity index is 1.70. The van der Waals surface area contributed by atoms with Crippen molar-refractivity contribution >= 4 is 34.2 Å². The number of imidazole rings is 1. The molecule has 0 unspecified atom stereocenters. The van der Waals surface area contributed by atoms with Gasteiger partial charge in [0.25, 0.3) is 0 Å². The molecule has 1 aliphatic carbocycles. The van der Waals surface area contributed by atoms with Gasteiger partial charge in [-0.1, -0.05) is 0 Å². The zero-order valence-electron chi connectivity index (χ0n) is 11.5. The summed E-state index contributed by atoms with van der Waals surface area (Å²) in [6.45, 7) is 0.561. The lowest BCUT2D eigenvalue weighted by molar-refractivity contribution is 0.189. The van der Waals surface area contributed by atoms with Gasteiger partial charge in [-0.3, -0.25) is 9.38 Å². The third-order valence-electron chi connectivity index (χ3n) is 4.21. The van der Waals surface area contributed by atoms with Crippen molar-refractivity contribution in [2.75, 3.05) is 6.54 Å². The molecule has 1 aliphatic rings. The van der Waals surface area contributed by atoms with Crippen LogP contribution in [-0.2, 0) is 0 Å². The second-order valence-electron chi connectivity index (χ2n) is 5.50. The molecule has 1 fully saturated rings. The number of carbonyl (C=O) groups is 1. The van der Waals surface area contributed by atoms with Crippen LogP contribution in [0, 0.1) is 9.75 Å². The van der Waals surface area contributed by atoms with Crippen LogP contribution in [0.3, 0.4) is 0 Å². The first-order chi connectivity index (χ1) is 10.1. The molecule has 0 bridgehead atoms. The zero-order valence-corrected chi connectivity index (χ0v) is 13.7. The second-order valence-corrected chi connectivity index (χ2v) is 6.47. The molecule has 0 aromatic carbocycles. The smallest absolute Gasteiger partial charge is 0.404 e. The van der Waals surface area contributed by atoms with Gasteiger partial charge in [0.1, 0.15) is 0 Å². The quantitative estimate of drug-likeness (QED) is 0.777. The van der Waals surface area contributed by atoms with E-state index in [1.54, 1.807) is 6.20 Å². The molecule has 112 valence electrons. The highest BCUT2D eigenvalue weighted by Crippen LogP contribution is 2.37. The van der Waals surface area contributed by atoms with E-state index in [0.717, 1.165) is 40.7 Å². The number of amides is 1. The molecule has 0 radical (unpaired) electrons. The topological polar surface area (TPSA) is 79.5 Å². The van der Waals surface area contributed by atoms with Crippen molar-refractivity contribution < 1.29 is 9.90 Å². The van der Waals surface area contributed by atoms with E-state index in [2.05, 4.69) is 37.3 Å². The van der Waals surface area contributed by atoms with Gasteiger partial charge in [-0.05, 0) is 31.6 Å². The number of aromatic nitrogens is 3. The first-order valence-corrected chi connectivity index (χ1v) is 8.17. The van der Waals surface area contributed by atoms with Crippen LogP contribution in [0.5, 0.6) is 0 Å². The molecule has 6 nitrogen and oxygen atoms in total. The molecule has 1 amide bonds. The molecule has 2 aromatic heterocycles. The minimum absolute atomic E-state index is 0.448. The normalized spacial score (nSPS) is 22.3. The Hall–Kier alpha value is -1.38. The monoisotopic (exact) mass is 400 g/mol. The molecule has 0 aliphatic heterocycles. The summed E-state index contributed by atoms with van der Waals surface area (Å²) in [6.07, 6.45) is 8.86. The molecule has 7 heteroatoms. The zero-order chi connectivity index (χ0) is 14.8. The lowest BCUT2D eigenvalue weighted by Crippen LogP contribution is -2.29. The van der Waals surface area contributed by atoms with E-state index in [9.17, 15) is 4.79 Å². The second kappa shape index (κ2) is 6.17. The van der Waals surface area contributed by atoms with Gasteiger partial charge in [-0.25, -0.2) is 9.78 Å². The fourth-order valence-corrected chi connectivity index (χ4v) is 3.77. The van der Waals surface area contributed by atoms with Crippen molar-refractivity contribution in [2.45, 2.75) is 31.6 Å². The first kappa shape index (κ1) is 14.6. The van der Waals surface area contributed by atoms with Gasteiger partial charge < -0.3 is 10.4 Å². The number of hydrogen-bond acceptors (Lipinski definition) is 3. The Morgan fingerprint density at radius 3 is 2.90 bits per heavy atom. The van der Waals surface area contributed by atoms with Gasteiger partial charge in [0.05, 0.1) is 17.4 Å². The van der Waals surface area contributed by atoms with Crippen LogP contribution in [0.25, 0.3) is 5.52 Å². The van der Waals surface area contributed by atoms with Crippen LogP contribution < -0.4 is 5.32 Å². The van der Waals surface area contributed by atoms with E-state index in [4.69, 9.17) is 10.1 Å². The lowest BCUT2D eigenvalue weighted by atomic mass is 9.80. The Morgan fingerprint density at radius 1 is 1.43 bits per heavy atom. The van der Waals surface area contributed by atoms with Crippen LogP contribution in [0.4, 0.5) is 4.79 Å². The van der Waals surface area contributed by atoms with Crippen molar-refractivity contribution in [1.29, 1.82) is 0 Å². The standard InChI is InChI=1S/C14H17IN4O2/c15-13-18-12(11-8-16-5-6-19(11)13)10-3-1-9(2-4-10)7-17-14(20)21/h5-6,8-10,17H,1-4,7H2,(H,20,21). The molecule has 2 N–H and O–H groups in total. The highest BCUT2D eigenvalue weighted by atomic mass is 127. The third kappa shape index (κ3) is 3.12. The van der Waals surface area contributed by atoms with E-state index in [1.165, 1.54) is 0 Å². The van der Waals surface area contributed by atoms with Crippen LogP contribution in [0.1, 0.15) is 37.3 Å². The summed E-state index contributed by atoms with van der Waals surface area (Å²) < 4.78 is 3.04. The van der Waals surface area contributed by atoms with Gasteiger partial charge in [0.15, 0.2) is 3.83 Å². The molecule has 0 atom stereocenters. The highest BCUT2D eigenvalue weighted by molar-refractivity contribution is 14.1. The molecule has 0 spiro atoms. The van der Waals surface area contributed by atoms with Crippen molar-refractivity contribution in [1.82, 2.24) is 19.7 Å². The summed E-state index contributed by atoms with van der Waals surface area (Å²) in [7, 11) is 0. The van der Waals surface area contributed by atoms with E-state index in [1.807, 2.05) is 12.4 Å². The maximum absolute atomic E-state index is 10.5. The van der Waals surface area contributed by atoms with Crippen molar-refractivity contribution in [3.05, 3.63) is 28.1 Å². The van der Waals surface area contributed by atoms with E-state index in [-0.39, 0.29) is 0 Å². The number of carboxylic acid groups (broad SMARTS) is 1. The average molecular weight is 400 g/mol. The van der Waals surface area contributed by atoms with Crippen molar-refractivity contribution in [3.8, 4) is 0 Å². The molecular weight excluding hydrogens is 383 g/mol. The predicted molar refractivity (Wildman–Crippen MR) is 86.4 cm³/mol. The number of nitrogens with zero attached hydrogens (tertiary/aromatic N) is 3. The summed E-state index contributed by atoms with van der Waals surface area (Å²) in [5.41, 5.74) is 2.23. The first-order valence-electron chi connectivity index (χ1n) is 7.09. The summed E-state index contributed by atoms with van der Waals surface area (Å²) in [4.78, 5) is 19.5. The highest BCUT2D eigenvalue weighted by Gasteiger charge is 2.26. The molecule has 2 aromatic rings. The fourth-order valence-electron chi connectivity index (χ4n) is 3.09. The lowest BCUT2D eigenvalue weighted by Gasteiger charge is -2.27. The van der Waals surface area contributed by atoms with Crippen molar-refractivity contribution in [3.63, 3.8) is 0 Å². The summed E-state index contributed by atoms with van der Waals surface area (Å²) in [5.74, 6) is 0.900. The number of fused-ring (bicyclic) bond motifs is 1. The summed E-state index contributed by atoms with van der Waals surface area (Å²) >= 11 is 2.25. The molecular formula is C14H17IN4O2. The fraction of sp³-hybridized carbons (Fsp3) is 0.500. The Labute approximate surface area is 136 Å². The van der Waals surface area contributed by atoms with Crippen LogP contribution >= 0.6 is 22.6 Å². The number of nitrogens with one attached hydrogen (secondary N) is 1. The van der Waals surface area contributed by atoms with Gasteiger partial charge in [0.2, 0.25) is 0 Å². The maximum Gasteiger partial charge on any atom is 0.404 e. The van der Waals surface area contributed by atoms with Crippen LogP contribution in [0.15, 0.2) is 18.6 Å². The maximum atomic E-state index is 10.5. The average Bonchev–Trinajstić information content (AvgIpc) is 2.83. The Kier molecular flexibility index (Phi) is 4.27. The molecule has 1 saturated carbocycles. The SMILES string of the molecule is O=C(O)NCC1CCC(c2nc(I)n3ccncc23)CC1. The Bertz CT molecular complexity index is 649. The predicted octanol–water partition coefficient (Wildman–Crippen LogP) is 2.88. The van der Waals surface area contributed by atoms with Crippen LogP contribution in [-0.4, -0.2) is 32.1 Å². The van der Waals surface area contributed by atoms with Crippen LogP contribution in [0.2, 0.25) is 0 Å². The van der Waals surface area contributed by atoms with Gasteiger partial charge in [-0.15, -0.1) is 0 Å². The number of halogens is 1.